The highest BCUT2D eigenvalue weighted by Crippen LogP contribution is 2.49. The summed E-state index contributed by atoms with van der Waals surface area (Å²) >= 11 is 0. The SMILES string of the molecule is c1ccc(-c2ccc(-c3cccc4ccccc34)cc2N(c2ccc(-c3cccc4oc5ccccc5c34)cc2)c2ccccc2-c2cccc3oc4c5ccccc5ccc4c23)cc1. The molecule has 304 valence electrons. The molecule has 0 bridgehead atoms. The fourth-order valence-electron chi connectivity index (χ4n) is 10.1. The fourth-order valence-corrected chi connectivity index (χ4v) is 10.1. The summed E-state index contributed by atoms with van der Waals surface area (Å²) in [5, 5.41) is 9.14. The van der Waals surface area contributed by atoms with E-state index in [9.17, 15) is 0 Å². The van der Waals surface area contributed by atoms with Crippen LogP contribution in [0, 0.1) is 0 Å². The van der Waals surface area contributed by atoms with Crippen molar-refractivity contribution in [3.05, 3.63) is 237 Å². The summed E-state index contributed by atoms with van der Waals surface area (Å²) < 4.78 is 13.1. The van der Waals surface area contributed by atoms with Crippen molar-refractivity contribution in [2.75, 3.05) is 4.90 Å². The first kappa shape index (κ1) is 36.9. The van der Waals surface area contributed by atoms with Gasteiger partial charge in [-0.25, -0.2) is 0 Å². The molecule has 0 spiro atoms. The van der Waals surface area contributed by atoms with Crippen molar-refractivity contribution in [2.45, 2.75) is 0 Å². The van der Waals surface area contributed by atoms with E-state index < -0.39 is 0 Å². The van der Waals surface area contributed by atoms with Crippen LogP contribution in [-0.2, 0) is 0 Å². The van der Waals surface area contributed by atoms with Crippen molar-refractivity contribution >= 4 is 82.5 Å². The van der Waals surface area contributed by atoms with Gasteiger partial charge in [0.15, 0.2) is 0 Å². The predicted molar refractivity (Wildman–Crippen MR) is 272 cm³/mol. The summed E-state index contributed by atoms with van der Waals surface area (Å²) in [6.07, 6.45) is 0. The highest BCUT2D eigenvalue weighted by Gasteiger charge is 2.24. The molecule has 0 atom stereocenters. The normalized spacial score (nSPS) is 11.7. The van der Waals surface area contributed by atoms with E-state index in [-0.39, 0.29) is 0 Å². The van der Waals surface area contributed by atoms with Crippen molar-refractivity contribution in [1.29, 1.82) is 0 Å². The second-order valence-electron chi connectivity index (χ2n) is 16.7. The van der Waals surface area contributed by atoms with Gasteiger partial charge in [-0.05, 0) is 98.1 Å². The molecular weight excluding hydrogens is 791 g/mol. The maximum absolute atomic E-state index is 6.76. The average Bonchev–Trinajstić information content (AvgIpc) is 3.96. The first-order chi connectivity index (χ1) is 32.2. The van der Waals surface area contributed by atoms with E-state index >= 15 is 0 Å². The topological polar surface area (TPSA) is 29.5 Å². The fraction of sp³-hybridized carbons (Fsp3) is 0. The molecule has 0 amide bonds. The Morgan fingerprint density at radius 3 is 1.69 bits per heavy atom. The van der Waals surface area contributed by atoms with E-state index in [0.717, 1.165) is 111 Å². The number of para-hydroxylation sites is 2. The molecule has 13 aromatic rings. The van der Waals surface area contributed by atoms with Gasteiger partial charge in [-0.15, -0.1) is 0 Å². The molecule has 0 fully saturated rings. The highest BCUT2D eigenvalue weighted by atomic mass is 16.3. The molecule has 2 aromatic heterocycles. The molecule has 0 aliphatic rings. The zero-order valence-corrected chi connectivity index (χ0v) is 35.3. The molecule has 0 unspecified atom stereocenters. The van der Waals surface area contributed by atoms with Crippen LogP contribution < -0.4 is 4.90 Å². The average molecular weight is 830 g/mol. The van der Waals surface area contributed by atoms with Gasteiger partial charge in [-0.3, -0.25) is 0 Å². The standard InChI is InChI=1S/C62H39NO2/c1-2-15-41(16-3-1)48-37-34-44(47-24-12-19-40-17-4-6-20-46(40)47)39-56(48)63(45-35-31-43(32-36-45)49-25-13-29-58-60(49)53-23-9-11-28-57(53)64-58)55-27-10-8-22-51(55)52-26-14-30-59-61(52)54-38-33-42-18-5-7-21-50(42)62(54)65-59/h1-39H. The van der Waals surface area contributed by atoms with Crippen molar-refractivity contribution in [3.63, 3.8) is 0 Å². The van der Waals surface area contributed by atoms with Crippen LogP contribution >= 0.6 is 0 Å². The Labute approximate surface area is 375 Å². The van der Waals surface area contributed by atoms with Gasteiger partial charge >= 0.3 is 0 Å². The molecule has 0 saturated carbocycles. The summed E-state index contributed by atoms with van der Waals surface area (Å²) in [5.41, 5.74) is 15.8. The van der Waals surface area contributed by atoms with Crippen LogP contribution in [0.25, 0.3) is 110 Å². The minimum Gasteiger partial charge on any atom is -0.456 e. The minimum atomic E-state index is 0.864. The number of benzene rings is 11. The molecule has 0 aliphatic carbocycles. The Kier molecular flexibility index (Phi) is 8.53. The van der Waals surface area contributed by atoms with Crippen LogP contribution in [0.4, 0.5) is 17.1 Å². The number of hydrogen-bond acceptors (Lipinski definition) is 3. The number of nitrogens with zero attached hydrogens (tertiary/aromatic N) is 1. The quantitative estimate of drug-likeness (QED) is 0.160. The van der Waals surface area contributed by atoms with Crippen molar-refractivity contribution in [2.24, 2.45) is 0 Å². The van der Waals surface area contributed by atoms with Crippen LogP contribution in [0.1, 0.15) is 0 Å². The number of fused-ring (bicyclic) bond motifs is 9. The van der Waals surface area contributed by atoms with Gasteiger partial charge in [0.25, 0.3) is 0 Å². The molecule has 2 heterocycles. The van der Waals surface area contributed by atoms with E-state index in [1.807, 2.05) is 12.1 Å². The molecule has 3 heteroatoms. The van der Waals surface area contributed by atoms with Crippen LogP contribution in [-0.4, -0.2) is 0 Å². The summed E-state index contributed by atoms with van der Waals surface area (Å²) in [5.74, 6) is 0. The van der Waals surface area contributed by atoms with Crippen LogP contribution in [0.5, 0.6) is 0 Å². The second kappa shape index (κ2) is 15.0. The van der Waals surface area contributed by atoms with Crippen LogP contribution in [0.2, 0.25) is 0 Å². The summed E-state index contributed by atoms with van der Waals surface area (Å²) in [6, 6.07) is 84.9. The first-order valence-corrected chi connectivity index (χ1v) is 22.2. The van der Waals surface area contributed by atoms with Gasteiger partial charge in [-0.2, -0.15) is 0 Å². The predicted octanol–water partition coefficient (Wildman–Crippen LogP) is 17.9. The number of anilines is 3. The molecule has 0 N–H and O–H groups in total. The summed E-state index contributed by atoms with van der Waals surface area (Å²) in [6.45, 7) is 0. The number of hydrogen-bond donors (Lipinski definition) is 0. The van der Waals surface area contributed by atoms with Crippen LogP contribution in [0.3, 0.4) is 0 Å². The van der Waals surface area contributed by atoms with Crippen LogP contribution in [0.15, 0.2) is 245 Å². The lowest BCUT2D eigenvalue weighted by Crippen LogP contribution is -2.13. The summed E-state index contributed by atoms with van der Waals surface area (Å²) in [4.78, 5) is 2.46. The lowest BCUT2D eigenvalue weighted by Gasteiger charge is -2.31. The van der Waals surface area contributed by atoms with Gasteiger partial charge in [0.2, 0.25) is 0 Å². The van der Waals surface area contributed by atoms with Crippen molar-refractivity contribution < 1.29 is 8.83 Å². The van der Waals surface area contributed by atoms with Crippen molar-refractivity contribution in [1.82, 2.24) is 0 Å². The number of furan rings is 2. The Balaban J connectivity index is 1.07. The lowest BCUT2D eigenvalue weighted by molar-refractivity contribution is 0.669. The van der Waals surface area contributed by atoms with Gasteiger partial charge in [0.05, 0.1) is 11.4 Å². The van der Waals surface area contributed by atoms with Gasteiger partial charge in [0, 0.05) is 43.7 Å². The van der Waals surface area contributed by atoms with E-state index in [1.54, 1.807) is 0 Å². The molecule has 0 saturated heterocycles. The summed E-state index contributed by atoms with van der Waals surface area (Å²) in [7, 11) is 0. The first-order valence-electron chi connectivity index (χ1n) is 22.2. The monoisotopic (exact) mass is 829 g/mol. The highest BCUT2D eigenvalue weighted by molar-refractivity contribution is 6.20. The zero-order chi connectivity index (χ0) is 42.8. The Morgan fingerprint density at radius 2 is 0.846 bits per heavy atom. The molecule has 13 rings (SSSR count). The molecule has 3 nitrogen and oxygen atoms in total. The van der Waals surface area contributed by atoms with Crippen molar-refractivity contribution in [3.8, 4) is 44.5 Å². The maximum Gasteiger partial charge on any atom is 0.143 e. The molecule has 0 aliphatic heterocycles. The second-order valence-corrected chi connectivity index (χ2v) is 16.7. The third-order valence-corrected chi connectivity index (χ3v) is 13.1. The minimum absolute atomic E-state index is 0.864. The maximum atomic E-state index is 6.76. The molecule has 65 heavy (non-hydrogen) atoms. The smallest absolute Gasteiger partial charge is 0.143 e. The third-order valence-electron chi connectivity index (χ3n) is 13.1. The van der Waals surface area contributed by atoms with E-state index in [2.05, 4.69) is 229 Å². The van der Waals surface area contributed by atoms with E-state index in [0.29, 0.717) is 0 Å². The van der Waals surface area contributed by atoms with E-state index in [1.165, 1.54) is 16.3 Å². The Morgan fingerprint density at radius 1 is 0.277 bits per heavy atom. The molecule has 11 aromatic carbocycles. The third kappa shape index (κ3) is 6.05. The molecular formula is C62H39NO2. The largest absolute Gasteiger partial charge is 0.456 e. The molecule has 0 radical (unpaired) electrons. The van der Waals surface area contributed by atoms with E-state index in [4.69, 9.17) is 8.83 Å². The van der Waals surface area contributed by atoms with Gasteiger partial charge in [-0.1, -0.05) is 188 Å². The number of rotatable bonds is 7. The zero-order valence-electron chi connectivity index (χ0n) is 35.3. The lowest BCUT2D eigenvalue weighted by atomic mass is 9.92. The van der Waals surface area contributed by atoms with Gasteiger partial charge in [0.1, 0.15) is 22.3 Å². The van der Waals surface area contributed by atoms with Gasteiger partial charge < -0.3 is 13.7 Å². The Bertz CT molecular complexity index is 3950. The Hall–Kier alpha value is -8.66.